The van der Waals surface area contributed by atoms with E-state index < -0.39 is 0 Å². The van der Waals surface area contributed by atoms with Gasteiger partial charge in [-0.2, -0.15) is 0 Å². The van der Waals surface area contributed by atoms with Crippen LogP contribution in [-0.4, -0.2) is 42.9 Å². The molecule has 0 aliphatic carbocycles. The fourth-order valence-corrected chi connectivity index (χ4v) is 3.02. The maximum atomic E-state index is 11.3. The molecule has 1 heterocycles. The molecule has 0 atom stereocenters. The summed E-state index contributed by atoms with van der Waals surface area (Å²) in [5, 5.41) is 2.76. The van der Waals surface area contributed by atoms with E-state index in [0.29, 0.717) is 0 Å². The Bertz CT molecular complexity index is 656. The van der Waals surface area contributed by atoms with Gasteiger partial charge in [0.15, 0.2) is 0 Å². The minimum absolute atomic E-state index is 0. The second-order valence-corrected chi connectivity index (χ2v) is 6.24. The first kappa shape index (κ1) is 19.6. The molecule has 1 fully saturated rings. The van der Waals surface area contributed by atoms with E-state index in [-0.39, 0.29) is 24.2 Å². The summed E-state index contributed by atoms with van der Waals surface area (Å²) in [6, 6.07) is 18.6. The van der Waals surface area contributed by atoms with Crippen LogP contribution in [0, 0.1) is 0 Å². The third-order valence-corrected chi connectivity index (χ3v) is 4.50. The van der Waals surface area contributed by atoms with Gasteiger partial charge in [-0.25, -0.2) is 0 Å². The van der Waals surface area contributed by atoms with E-state index in [1.165, 1.54) is 11.3 Å². The predicted octanol–water partition coefficient (Wildman–Crippen LogP) is 3.61. The van der Waals surface area contributed by atoms with Gasteiger partial charge in [0.05, 0.1) is 0 Å². The number of benzene rings is 2. The highest BCUT2D eigenvalue weighted by molar-refractivity contribution is 6.29. The van der Waals surface area contributed by atoms with Crippen molar-refractivity contribution in [1.29, 1.82) is 0 Å². The average molecular weight is 380 g/mol. The van der Waals surface area contributed by atoms with Gasteiger partial charge >= 0.3 is 0 Å². The van der Waals surface area contributed by atoms with Gasteiger partial charge in [-0.1, -0.05) is 30.3 Å². The zero-order valence-electron chi connectivity index (χ0n) is 14.0. The van der Waals surface area contributed by atoms with E-state index in [1.54, 1.807) is 0 Å². The Hall–Kier alpha value is -1.75. The van der Waals surface area contributed by atoms with Crippen molar-refractivity contribution >= 4 is 41.3 Å². The van der Waals surface area contributed by atoms with Crippen LogP contribution in [0.4, 0.5) is 11.4 Å². The molecule has 1 aliphatic rings. The number of nitrogens with zero attached hydrogens (tertiary/aromatic N) is 2. The molecule has 134 valence electrons. The number of anilines is 2. The number of carbonyl (C=O) groups excluding carboxylic acids is 1. The van der Waals surface area contributed by atoms with Gasteiger partial charge in [-0.05, 0) is 29.8 Å². The fourth-order valence-electron chi connectivity index (χ4n) is 2.96. The summed E-state index contributed by atoms with van der Waals surface area (Å²) in [5.41, 5.74) is 3.34. The zero-order chi connectivity index (χ0) is 16.8. The van der Waals surface area contributed by atoms with Crippen molar-refractivity contribution in [3.8, 4) is 0 Å². The molecule has 2 aromatic rings. The summed E-state index contributed by atoms with van der Waals surface area (Å²) in [6.07, 6.45) is 0. The molecule has 1 saturated heterocycles. The number of nitrogens with one attached hydrogen (secondary N) is 1. The smallest absolute Gasteiger partial charge is 0.239 e. The Labute approximate surface area is 160 Å². The first-order valence-electron chi connectivity index (χ1n) is 8.22. The lowest BCUT2D eigenvalue weighted by molar-refractivity contribution is -0.113. The van der Waals surface area contributed by atoms with Gasteiger partial charge in [0.2, 0.25) is 5.91 Å². The number of alkyl halides is 1. The van der Waals surface area contributed by atoms with Gasteiger partial charge in [0.1, 0.15) is 5.88 Å². The lowest BCUT2D eigenvalue weighted by Gasteiger charge is -2.36. The van der Waals surface area contributed by atoms with E-state index in [9.17, 15) is 4.79 Å². The van der Waals surface area contributed by atoms with Crippen LogP contribution in [0.5, 0.6) is 0 Å². The molecule has 25 heavy (non-hydrogen) atoms. The van der Waals surface area contributed by atoms with Gasteiger partial charge in [-0.3, -0.25) is 9.69 Å². The summed E-state index contributed by atoms with van der Waals surface area (Å²) >= 11 is 5.50. The standard InChI is InChI=1S/C19H22ClN3O.ClH/c20-14-19(24)21-17-6-8-18(9-7-17)23-12-10-22(11-13-23)15-16-4-2-1-3-5-16;/h1-9H,10-15H2,(H,21,24);1H. The monoisotopic (exact) mass is 379 g/mol. The lowest BCUT2D eigenvalue weighted by atomic mass is 10.2. The van der Waals surface area contributed by atoms with Crippen LogP contribution in [0.2, 0.25) is 0 Å². The van der Waals surface area contributed by atoms with Crippen molar-refractivity contribution in [3.05, 3.63) is 60.2 Å². The molecule has 2 aromatic carbocycles. The van der Waals surface area contributed by atoms with Crippen molar-refractivity contribution in [2.75, 3.05) is 42.3 Å². The molecule has 0 aromatic heterocycles. The molecule has 4 nitrogen and oxygen atoms in total. The van der Waals surface area contributed by atoms with Crippen LogP contribution in [-0.2, 0) is 11.3 Å². The second kappa shape index (κ2) is 9.66. The summed E-state index contributed by atoms with van der Waals surface area (Å²) in [5.74, 6) is -0.204. The first-order chi connectivity index (χ1) is 11.7. The summed E-state index contributed by atoms with van der Waals surface area (Å²) in [7, 11) is 0. The molecule has 6 heteroatoms. The minimum Gasteiger partial charge on any atom is -0.369 e. The molecule has 0 unspecified atom stereocenters. The van der Waals surface area contributed by atoms with Gasteiger partial charge in [0, 0.05) is 44.1 Å². The van der Waals surface area contributed by atoms with E-state index in [0.717, 1.165) is 38.4 Å². The predicted molar refractivity (Wildman–Crippen MR) is 107 cm³/mol. The normalized spacial score (nSPS) is 14.7. The van der Waals surface area contributed by atoms with Crippen molar-refractivity contribution in [2.45, 2.75) is 6.54 Å². The Morgan fingerprint density at radius 1 is 0.960 bits per heavy atom. The van der Waals surface area contributed by atoms with Gasteiger partial charge in [0.25, 0.3) is 0 Å². The maximum absolute atomic E-state index is 11.3. The summed E-state index contributed by atoms with van der Waals surface area (Å²) in [6.45, 7) is 5.15. The maximum Gasteiger partial charge on any atom is 0.239 e. The van der Waals surface area contributed by atoms with Crippen molar-refractivity contribution in [3.63, 3.8) is 0 Å². The molecule has 0 saturated carbocycles. The molecule has 3 rings (SSSR count). The summed E-state index contributed by atoms with van der Waals surface area (Å²) < 4.78 is 0. The topological polar surface area (TPSA) is 35.6 Å². The van der Waals surface area contributed by atoms with Crippen molar-refractivity contribution in [2.24, 2.45) is 0 Å². The van der Waals surface area contributed by atoms with Gasteiger partial charge < -0.3 is 10.2 Å². The highest BCUT2D eigenvalue weighted by Gasteiger charge is 2.17. The fraction of sp³-hybridized carbons (Fsp3) is 0.316. The van der Waals surface area contributed by atoms with Gasteiger partial charge in [-0.15, -0.1) is 24.0 Å². The van der Waals surface area contributed by atoms with E-state index in [4.69, 9.17) is 11.6 Å². The highest BCUT2D eigenvalue weighted by atomic mass is 35.5. The molecular weight excluding hydrogens is 357 g/mol. The van der Waals surface area contributed by atoms with Crippen LogP contribution in [0.3, 0.4) is 0 Å². The number of piperazine rings is 1. The average Bonchev–Trinajstić information content (AvgIpc) is 2.64. The third kappa shape index (κ3) is 5.63. The van der Waals surface area contributed by atoms with E-state index in [1.807, 2.05) is 12.1 Å². The first-order valence-corrected chi connectivity index (χ1v) is 8.75. The number of hydrogen-bond donors (Lipinski definition) is 1. The zero-order valence-corrected chi connectivity index (χ0v) is 15.6. The van der Waals surface area contributed by atoms with Crippen molar-refractivity contribution in [1.82, 2.24) is 4.90 Å². The molecular formula is C19H23Cl2N3O. The molecule has 0 bridgehead atoms. The van der Waals surface area contributed by atoms with Crippen LogP contribution < -0.4 is 10.2 Å². The van der Waals surface area contributed by atoms with Crippen LogP contribution in [0.1, 0.15) is 5.56 Å². The Balaban J connectivity index is 0.00000225. The SMILES string of the molecule is Cl.O=C(CCl)Nc1ccc(N2CCN(Cc3ccccc3)CC2)cc1. The highest BCUT2D eigenvalue weighted by Crippen LogP contribution is 2.20. The molecule has 1 N–H and O–H groups in total. The Morgan fingerprint density at radius 3 is 2.20 bits per heavy atom. The largest absolute Gasteiger partial charge is 0.369 e. The number of carbonyl (C=O) groups is 1. The number of rotatable bonds is 5. The van der Waals surface area contributed by atoms with E-state index >= 15 is 0 Å². The number of hydrogen-bond acceptors (Lipinski definition) is 3. The molecule has 1 aliphatic heterocycles. The Kier molecular flexibility index (Phi) is 7.56. The number of amides is 1. The van der Waals surface area contributed by atoms with Crippen molar-refractivity contribution < 1.29 is 4.79 Å². The lowest BCUT2D eigenvalue weighted by Crippen LogP contribution is -2.45. The quantitative estimate of drug-likeness (QED) is 0.805. The van der Waals surface area contributed by atoms with E-state index in [2.05, 4.69) is 57.6 Å². The van der Waals surface area contributed by atoms with Crippen LogP contribution in [0.25, 0.3) is 0 Å². The second-order valence-electron chi connectivity index (χ2n) is 5.98. The molecule has 1 amide bonds. The van der Waals surface area contributed by atoms with Crippen LogP contribution in [0.15, 0.2) is 54.6 Å². The Morgan fingerprint density at radius 2 is 1.60 bits per heavy atom. The molecule has 0 spiro atoms. The van der Waals surface area contributed by atoms with Crippen LogP contribution >= 0.6 is 24.0 Å². The number of halogens is 2. The summed E-state index contributed by atoms with van der Waals surface area (Å²) in [4.78, 5) is 16.2. The third-order valence-electron chi connectivity index (χ3n) is 4.26. The molecule has 0 radical (unpaired) electrons. The minimum atomic E-state index is -0.182.